The fraction of sp³-hybridized carbons (Fsp3) is 0.714. The molecular weight excluding hydrogens is 262 g/mol. The van der Waals surface area contributed by atoms with E-state index < -0.39 is 11.9 Å². The predicted molar refractivity (Wildman–Crippen MR) is 72.4 cm³/mol. The first-order valence-corrected chi connectivity index (χ1v) is 6.58. The summed E-state index contributed by atoms with van der Waals surface area (Å²) in [6.07, 6.45) is -0.277. The van der Waals surface area contributed by atoms with Crippen LogP contribution >= 0.6 is 0 Å². The van der Waals surface area contributed by atoms with Gasteiger partial charge in [0.15, 0.2) is 6.29 Å². The molecule has 1 aliphatic rings. The topological polar surface area (TPSA) is 65.1 Å². The van der Waals surface area contributed by atoms with Crippen molar-refractivity contribution in [2.45, 2.75) is 52.9 Å². The van der Waals surface area contributed by atoms with Gasteiger partial charge in [0.25, 0.3) is 11.8 Å². The van der Waals surface area contributed by atoms with E-state index in [1.807, 2.05) is 20.8 Å². The van der Waals surface area contributed by atoms with Gasteiger partial charge < -0.3 is 4.74 Å². The first-order valence-electron chi connectivity index (χ1n) is 6.58. The normalized spacial score (nSPS) is 18.2. The Kier molecular flexibility index (Phi) is 5.44. The van der Waals surface area contributed by atoms with Crippen LogP contribution in [0.3, 0.4) is 0 Å². The van der Waals surface area contributed by atoms with Crippen molar-refractivity contribution in [3.63, 3.8) is 0 Å². The summed E-state index contributed by atoms with van der Waals surface area (Å²) in [6.45, 7) is 9.10. The van der Waals surface area contributed by atoms with Crippen LogP contribution in [0.15, 0.2) is 11.1 Å². The van der Waals surface area contributed by atoms with Crippen molar-refractivity contribution in [1.29, 1.82) is 0 Å². The van der Waals surface area contributed by atoms with E-state index in [9.17, 15) is 9.59 Å². The molecular formula is C14H23NO5. The van der Waals surface area contributed by atoms with E-state index in [2.05, 4.69) is 0 Å². The maximum Gasteiger partial charge on any atom is 0.256 e. The Bertz CT molecular complexity index is 398. The van der Waals surface area contributed by atoms with Gasteiger partial charge in [0, 0.05) is 31.2 Å². The zero-order valence-corrected chi connectivity index (χ0v) is 13.0. The number of hydrogen-bond acceptors (Lipinski definition) is 5. The molecule has 0 aromatic heterocycles. The van der Waals surface area contributed by atoms with Crippen molar-refractivity contribution in [3.05, 3.63) is 11.1 Å². The maximum atomic E-state index is 11.9. The zero-order chi connectivity index (χ0) is 15.5. The minimum absolute atomic E-state index is 0.234. The standard InChI is InChI=1S/C14H23NO5/c1-9-10(2)13(17)15(12(9)16)8-7-11(18-6)19-20-14(3,4)5/h11H,7-8H2,1-6H3. The Balaban J connectivity index is 2.50. The fourth-order valence-corrected chi connectivity index (χ4v) is 1.66. The lowest BCUT2D eigenvalue weighted by Crippen LogP contribution is -2.35. The largest absolute Gasteiger partial charge is 0.353 e. The van der Waals surface area contributed by atoms with Gasteiger partial charge in [0.1, 0.15) is 0 Å². The molecule has 1 atom stereocenters. The molecule has 6 heteroatoms. The minimum Gasteiger partial charge on any atom is -0.353 e. The second-order valence-electron chi connectivity index (χ2n) is 5.76. The summed E-state index contributed by atoms with van der Waals surface area (Å²) in [6, 6.07) is 0. The lowest BCUT2D eigenvalue weighted by molar-refractivity contribution is -0.413. The maximum absolute atomic E-state index is 11.9. The molecule has 114 valence electrons. The number of carbonyl (C=O) groups excluding carboxylic acids is 2. The van der Waals surface area contributed by atoms with E-state index in [4.69, 9.17) is 14.5 Å². The molecule has 2 amide bonds. The molecule has 0 bridgehead atoms. The fourth-order valence-electron chi connectivity index (χ4n) is 1.66. The van der Waals surface area contributed by atoms with E-state index in [0.717, 1.165) is 0 Å². The molecule has 1 rings (SSSR count). The number of rotatable bonds is 6. The minimum atomic E-state index is -0.629. The van der Waals surface area contributed by atoms with Crippen molar-refractivity contribution < 1.29 is 24.1 Å². The summed E-state index contributed by atoms with van der Waals surface area (Å²) in [4.78, 5) is 35.3. The molecule has 6 nitrogen and oxygen atoms in total. The quantitative estimate of drug-likeness (QED) is 0.322. The molecule has 1 unspecified atom stereocenters. The number of amides is 2. The zero-order valence-electron chi connectivity index (χ0n) is 13.0. The summed E-state index contributed by atoms with van der Waals surface area (Å²) >= 11 is 0. The average molecular weight is 285 g/mol. The van der Waals surface area contributed by atoms with Crippen LogP contribution in [0.2, 0.25) is 0 Å². The second-order valence-corrected chi connectivity index (χ2v) is 5.76. The van der Waals surface area contributed by atoms with Crippen LogP contribution in [0, 0.1) is 0 Å². The molecule has 20 heavy (non-hydrogen) atoms. The van der Waals surface area contributed by atoms with Crippen LogP contribution in [-0.2, 0) is 24.1 Å². The molecule has 0 aromatic rings. The van der Waals surface area contributed by atoms with Crippen molar-refractivity contribution >= 4 is 11.8 Å². The highest BCUT2D eigenvalue weighted by molar-refractivity contribution is 6.18. The smallest absolute Gasteiger partial charge is 0.256 e. The van der Waals surface area contributed by atoms with E-state index in [-0.39, 0.29) is 18.4 Å². The summed E-state index contributed by atoms with van der Waals surface area (Å²) in [5, 5.41) is 0. The van der Waals surface area contributed by atoms with Crippen LogP contribution in [0.4, 0.5) is 0 Å². The van der Waals surface area contributed by atoms with Gasteiger partial charge in [-0.2, -0.15) is 0 Å². The summed E-state index contributed by atoms with van der Waals surface area (Å²) in [7, 11) is 1.49. The third kappa shape index (κ3) is 4.13. The molecule has 0 radical (unpaired) electrons. The highest BCUT2D eigenvalue weighted by Crippen LogP contribution is 2.20. The number of ether oxygens (including phenoxy) is 1. The predicted octanol–water partition coefficient (Wildman–Crippen LogP) is 1.80. The van der Waals surface area contributed by atoms with E-state index in [1.165, 1.54) is 12.0 Å². The Hall–Kier alpha value is -1.24. The molecule has 0 fully saturated rings. The van der Waals surface area contributed by atoms with Crippen molar-refractivity contribution in [2.24, 2.45) is 0 Å². The lowest BCUT2D eigenvalue weighted by atomic mass is 10.2. The second kappa shape index (κ2) is 6.47. The van der Waals surface area contributed by atoms with Crippen molar-refractivity contribution in [3.8, 4) is 0 Å². The number of imide groups is 1. The van der Waals surface area contributed by atoms with Crippen LogP contribution in [0.5, 0.6) is 0 Å². The number of carbonyl (C=O) groups is 2. The van der Waals surface area contributed by atoms with Crippen LogP contribution in [0.1, 0.15) is 41.0 Å². The van der Waals surface area contributed by atoms with Gasteiger partial charge in [-0.05, 0) is 34.6 Å². The van der Waals surface area contributed by atoms with Crippen LogP contribution in [0.25, 0.3) is 0 Å². The molecule has 0 saturated carbocycles. The van der Waals surface area contributed by atoms with Gasteiger partial charge >= 0.3 is 0 Å². The van der Waals surface area contributed by atoms with Gasteiger partial charge in [0.05, 0.1) is 5.60 Å². The Morgan fingerprint density at radius 3 is 2.00 bits per heavy atom. The van der Waals surface area contributed by atoms with Crippen LogP contribution in [-0.4, -0.2) is 42.3 Å². The van der Waals surface area contributed by atoms with Gasteiger partial charge in [-0.3, -0.25) is 14.5 Å². The molecule has 0 aromatic carbocycles. The molecule has 1 aliphatic heterocycles. The summed E-state index contributed by atoms with van der Waals surface area (Å²) < 4.78 is 5.12. The van der Waals surface area contributed by atoms with Crippen LogP contribution < -0.4 is 0 Å². The van der Waals surface area contributed by atoms with Crippen molar-refractivity contribution in [2.75, 3.05) is 13.7 Å². The Labute approximate surface area is 119 Å². The molecule has 0 aliphatic carbocycles. The SMILES string of the molecule is COC(CCN1C(=O)C(C)=C(C)C1=O)OOC(C)(C)C. The number of methoxy groups -OCH3 is 1. The highest BCUT2D eigenvalue weighted by Gasteiger charge is 2.33. The van der Waals surface area contributed by atoms with Gasteiger partial charge in [0.2, 0.25) is 0 Å². The first-order chi connectivity index (χ1) is 9.17. The molecule has 0 saturated heterocycles. The monoisotopic (exact) mass is 285 g/mol. The first kappa shape index (κ1) is 16.8. The number of hydrogen-bond donors (Lipinski definition) is 0. The lowest BCUT2D eigenvalue weighted by Gasteiger charge is -2.23. The van der Waals surface area contributed by atoms with Gasteiger partial charge in [-0.25, -0.2) is 9.78 Å². The summed E-state index contributed by atoms with van der Waals surface area (Å²) in [5.74, 6) is -0.502. The highest BCUT2D eigenvalue weighted by atomic mass is 17.2. The third-order valence-electron chi connectivity index (χ3n) is 2.95. The summed E-state index contributed by atoms with van der Waals surface area (Å²) in [5.41, 5.74) is 0.539. The molecule has 0 N–H and O–H groups in total. The van der Waals surface area contributed by atoms with Gasteiger partial charge in [-0.1, -0.05) is 0 Å². The van der Waals surface area contributed by atoms with Crippen molar-refractivity contribution in [1.82, 2.24) is 4.90 Å². The van der Waals surface area contributed by atoms with E-state index >= 15 is 0 Å². The average Bonchev–Trinajstić information content (AvgIpc) is 2.54. The van der Waals surface area contributed by atoms with E-state index in [0.29, 0.717) is 17.6 Å². The number of nitrogens with zero attached hydrogens (tertiary/aromatic N) is 1. The molecule has 0 spiro atoms. The molecule has 1 heterocycles. The van der Waals surface area contributed by atoms with Gasteiger partial charge in [-0.15, -0.1) is 0 Å². The Morgan fingerprint density at radius 2 is 1.60 bits per heavy atom. The Morgan fingerprint density at radius 1 is 1.10 bits per heavy atom. The van der Waals surface area contributed by atoms with E-state index in [1.54, 1.807) is 13.8 Å². The third-order valence-corrected chi connectivity index (χ3v) is 2.95.